The monoisotopic (exact) mass is 654 g/mol. The zero-order valence-electron chi connectivity index (χ0n) is 22.5. The van der Waals surface area contributed by atoms with Gasteiger partial charge in [-0.1, -0.05) is 91.1 Å². The molecule has 1 fully saturated rings. The van der Waals surface area contributed by atoms with Crippen molar-refractivity contribution in [3.05, 3.63) is 98.4 Å². The fourth-order valence-electron chi connectivity index (χ4n) is 4.97. The first-order chi connectivity index (χ1) is 18.8. The Morgan fingerprint density at radius 3 is 2.33 bits per heavy atom. The molecule has 0 spiro atoms. The lowest BCUT2D eigenvalue weighted by atomic mass is 10.0. The first-order valence-electron chi connectivity index (χ1n) is 13.6. The summed E-state index contributed by atoms with van der Waals surface area (Å²) in [5, 5.41) is 3.24. The molecule has 3 aromatic rings. The topological polar surface area (TPSA) is 58.6 Å². The van der Waals surface area contributed by atoms with Crippen molar-refractivity contribution in [2.75, 3.05) is 6.61 Å². The fraction of sp³-hybridized carbons (Fsp3) is 0.375. The van der Waals surface area contributed by atoms with E-state index in [2.05, 4.69) is 51.0 Å². The Bertz CT molecular complexity index is 1260. The standard InChI is InChI=1S/C32H36Br2N2O3/c1-22(2)25-15-16-30(28(34)19-25)39-21-31(37)36(20-24-11-8-12-26(33)17-24)29(18-23-9-4-3-5-10-23)32(38)35-27-13-6-7-14-27/h3-5,8-12,15-17,19,22,27,29H,6-7,13-14,18,20-21H2,1-2H3,(H,35,38)/t29-/m1/s1. The van der Waals surface area contributed by atoms with E-state index in [-0.39, 0.29) is 24.5 Å². The molecular formula is C32H36Br2N2O3. The normalized spacial score (nSPS) is 14.3. The third-order valence-electron chi connectivity index (χ3n) is 7.19. The van der Waals surface area contributed by atoms with Crippen LogP contribution in [0, 0.1) is 0 Å². The van der Waals surface area contributed by atoms with Crippen molar-refractivity contribution in [2.24, 2.45) is 0 Å². The van der Waals surface area contributed by atoms with Crippen LogP contribution in [0.25, 0.3) is 0 Å². The summed E-state index contributed by atoms with van der Waals surface area (Å²) in [6, 6.07) is 23.1. The number of nitrogens with one attached hydrogen (secondary N) is 1. The minimum Gasteiger partial charge on any atom is -0.483 e. The van der Waals surface area contributed by atoms with Crippen LogP contribution in [-0.2, 0) is 22.6 Å². The fourth-order valence-corrected chi connectivity index (χ4v) is 5.93. The van der Waals surface area contributed by atoms with Crippen molar-refractivity contribution >= 4 is 43.7 Å². The van der Waals surface area contributed by atoms with E-state index < -0.39 is 6.04 Å². The highest BCUT2D eigenvalue weighted by Crippen LogP contribution is 2.29. The molecule has 1 atom stereocenters. The van der Waals surface area contributed by atoms with Gasteiger partial charge in [-0.2, -0.15) is 0 Å². The van der Waals surface area contributed by atoms with Gasteiger partial charge in [0.15, 0.2) is 6.61 Å². The van der Waals surface area contributed by atoms with Gasteiger partial charge in [-0.15, -0.1) is 0 Å². The van der Waals surface area contributed by atoms with Gasteiger partial charge in [0.25, 0.3) is 5.91 Å². The number of carbonyl (C=O) groups is 2. The SMILES string of the molecule is CC(C)c1ccc(OCC(=O)N(Cc2cccc(Br)c2)[C@H](Cc2ccccc2)C(=O)NC2CCCC2)c(Br)c1. The van der Waals surface area contributed by atoms with E-state index in [4.69, 9.17) is 4.74 Å². The van der Waals surface area contributed by atoms with Crippen molar-refractivity contribution in [1.82, 2.24) is 10.2 Å². The Labute approximate surface area is 248 Å². The number of rotatable bonds is 11. The molecule has 3 aromatic carbocycles. The third-order valence-corrected chi connectivity index (χ3v) is 8.30. The summed E-state index contributed by atoms with van der Waals surface area (Å²) in [6.07, 6.45) is 4.62. The predicted octanol–water partition coefficient (Wildman–Crippen LogP) is 7.41. The second-order valence-corrected chi connectivity index (χ2v) is 12.3. The Kier molecular flexibility index (Phi) is 10.6. The lowest BCUT2D eigenvalue weighted by Gasteiger charge is -2.32. The quantitative estimate of drug-likeness (QED) is 0.234. The average molecular weight is 656 g/mol. The summed E-state index contributed by atoms with van der Waals surface area (Å²) in [7, 11) is 0. The van der Waals surface area contributed by atoms with Crippen molar-refractivity contribution in [3.8, 4) is 5.75 Å². The van der Waals surface area contributed by atoms with E-state index in [9.17, 15) is 9.59 Å². The molecule has 1 aliphatic rings. The maximum absolute atomic E-state index is 13.9. The molecule has 206 valence electrons. The predicted molar refractivity (Wildman–Crippen MR) is 163 cm³/mol. The van der Waals surface area contributed by atoms with E-state index in [0.29, 0.717) is 24.6 Å². The van der Waals surface area contributed by atoms with Gasteiger partial charge in [0.05, 0.1) is 4.47 Å². The summed E-state index contributed by atoms with van der Waals surface area (Å²) in [5.41, 5.74) is 3.12. The second kappa shape index (κ2) is 14.1. The van der Waals surface area contributed by atoms with Crippen LogP contribution in [0.15, 0.2) is 81.7 Å². The van der Waals surface area contributed by atoms with Gasteiger partial charge in [0.2, 0.25) is 5.91 Å². The van der Waals surface area contributed by atoms with Crippen LogP contribution in [0.5, 0.6) is 5.75 Å². The lowest BCUT2D eigenvalue weighted by molar-refractivity contribution is -0.143. The summed E-state index contributed by atoms with van der Waals surface area (Å²) in [5.74, 6) is 0.633. The molecule has 5 nitrogen and oxygen atoms in total. The zero-order chi connectivity index (χ0) is 27.8. The van der Waals surface area contributed by atoms with Gasteiger partial charge in [-0.05, 0) is 75.6 Å². The molecular weight excluding hydrogens is 620 g/mol. The Morgan fingerprint density at radius 1 is 0.949 bits per heavy atom. The molecule has 0 bridgehead atoms. The van der Waals surface area contributed by atoms with Crippen molar-refractivity contribution in [3.63, 3.8) is 0 Å². The molecule has 4 rings (SSSR count). The maximum atomic E-state index is 13.9. The van der Waals surface area contributed by atoms with E-state index >= 15 is 0 Å². The molecule has 0 unspecified atom stereocenters. The number of halogens is 2. The number of amides is 2. The van der Waals surface area contributed by atoms with Gasteiger partial charge in [-0.3, -0.25) is 9.59 Å². The maximum Gasteiger partial charge on any atom is 0.261 e. The van der Waals surface area contributed by atoms with Gasteiger partial charge >= 0.3 is 0 Å². The Morgan fingerprint density at radius 2 is 1.67 bits per heavy atom. The van der Waals surface area contributed by atoms with Crippen LogP contribution in [0.1, 0.15) is 62.1 Å². The number of hydrogen-bond acceptors (Lipinski definition) is 3. The Hall–Kier alpha value is -2.64. The molecule has 0 saturated heterocycles. The van der Waals surface area contributed by atoms with Gasteiger partial charge in [0.1, 0.15) is 11.8 Å². The van der Waals surface area contributed by atoms with Crippen LogP contribution in [0.3, 0.4) is 0 Å². The molecule has 39 heavy (non-hydrogen) atoms. The third kappa shape index (κ3) is 8.42. The summed E-state index contributed by atoms with van der Waals surface area (Å²) < 4.78 is 7.74. The highest BCUT2D eigenvalue weighted by molar-refractivity contribution is 9.10. The van der Waals surface area contributed by atoms with E-state index in [0.717, 1.165) is 45.8 Å². The number of ether oxygens (including phenoxy) is 1. The summed E-state index contributed by atoms with van der Waals surface area (Å²) in [6.45, 7) is 4.39. The molecule has 0 radical (unpaired) electrons. The molecule has 1 N–H and O–H groups in total. The van der Waals surface area contributed by atoms with Gasteiger partial charge < -0.3 is 15.0 Å². The van der Waals surface area contributed by atoms with Crippen LogP contribution in [0.2, 0.25) is 0 Å². The summed E-state index contributed by atoms with van der Waals surface area (Å²) in [4.78, 5) is 29.3. The second-order valence-electron chi connectivity index (χ2n) is 10.5. The smallest absolute Gasteiger partial charge is 0.261 e. The highest BCUT2D eigenvalue weighted by Gasteiger charge is 2.32. The molecule has 1 saturated carbocycles. The number of nitrogens with zero attached hydrogens (tertiary/aromatic N) is 1. The van der Waals surface area contributed by atoms with Crippen molar-refractivity contribution in [1.29, 1.82) is 0 Å². The minimum atomic E-state index is -0.671. The zero-order valence-corrected chi connectivity index (χ0v) is 25.7. The van der Waals surface area contributed by atoms with E-state index in [1.54, 1.807) is 4.90 Å². The van der Waals surface area contributed by atoms with Gasteiger partial charge in [-0.25, -0.2) is 0 Å². The van der Waals surface area contributed by atoms with Gasteiger partial charge in [0, 0.05) is 23.5 Å². The van der Waals surface area contributed by atoms with Crippen LogP contribution in [-0.4, -0.2) is 35.4 Å². The molecule has 7 heteroatoms. The highest BCUT2D eigenvalue weighted by atomic mass is 79.9. The molecule has 0 aromatic heterocycles. The number of benzene rings is 3. The molecule has 1 aliphatic carbocycles. The van der Waals surface area contributed by atoms with Crippen molar-refractivity contribution < 1.29 is 14.3 Å². The van der Waals surface area contributed by atoms with Crippen molar-refractivity contribution in [2.45, 2.75) is 70.5 Å². The first-order valence-corrected chi connectivity index (χ1v) is 15.2. The molecule has 2 amide bonds. The molecule has 0 heterocycles. The van der Waals surface area contributed by atoms with Crippen LogP contribution < -0.4 is 10.1 Å². The van der Waals surface area contributed by atoms with E-state index in [1.165, 1.54) is 5.56 Å². The first kappa shape index (κ1) is 29.3. The molecule has 0 aliphatic heterocycles. The van der Waals surface area contributed by atoms with E-state index in [1.807, 2.05) is 72.8 Å². The largest absolute Gasteiger partial charge is 0.483 e. The lowest BCUT2D eigenvalue weighted by Crippen LogP contribution is -2.53. The number of carbonyl (C=O) groups excluding carboxylic acids is 2. The minimum absolute atomic E-state index is 0.114. The average Bonchev–Trinajstić information content (AvgIpc) is 3.43. The summed E-state index contributed by atoms with van der Waals surface area (Å²) >= 11 is 7.13. The van der Waals surface area contributed by atoms with Crippen LogP contribution >= 0.6 is 31.9 Å². The Balaban J connectivity index is 1.61. The number of hydrogen-bond donors (Lipinski definition) is 1. The van der Waals surface area contributed by atoms with Crippen LogP contribution in [0.4, 0.5) is 0 Å².